The molecule has 4 nitrogen and oxygen atoms in total. The predicted octanol–water partition coefficient (Wildman–Crippen LogP) is 5.37. The summed E-state index contributed by atoms with van der Waals surface area (Å²) in [5, 5.41) is 22.2. The molecule has 0 spiro atoms. The first-order valence-electron chi connectivity index (χ1n) is 9.02. The number of aromatic nitrogens is 2. The molecule has 2 aromatic heterocycles. The normalized spacial score (nSPS) is 12.1. The van der Waals surface area contributed by atoms with Crippen molar-refractivity contribution >= 4 is 21.8 Å². The molecule has 136 valence electrons. The molecule has 0 saturated heterocycles. The van der Waals surface area contributed by atoms with Gasteiger partial charge in [-0.25, -0.2) is 9.97 Å². The number of phenolic OH excluding ortho intramolecular Hbond substituents is 2. The average molecular weight is 358 g/mol. The molecule has 0 amide bonds. The lowest BCUT2D eigenvalue weighted by atomic mass is 9.76. The highest BCUT2D eigenvalue weighted by Crippen LogP contribution is 2.40. The third-order valence-electron chi connectivity index (χ3n) is 4.90. The van der Waals surface area contributed by atoms with Gasteiger partial charge in [0.05, 0.1) is 11.4 Å². The Bertz CT molecular complexity index is 1060. The van der Waals surface area contributed by atoms with Crippen LogP contribution in [0.15, 0.2) is 60.7 Å². The molecule has 0 aliphatic rings. The van der Waals surface area contributed by atoms with E-state index >= 15 is 0 Å². The lowest BCUT2D eigenvalue weighted by Gasteiger charge is -2.30. The first-order valence-corrected chi connectivity index (χ1v) is 9.02. The van der Waals surface area contributed by atoms with Crippen LogP contribution < -0.4 is 0 Å². The molecule has 0 fully saturated rings. The number of benzene rings is 2. The number of pyridine rings is 2. The minimum absolute atomic E-state index is 0.0921. The first kappa shape index (κ1) is 17.3. The Morgan fingerprint density at radius 3 is 1.52 bits per heavy atom. The van der Waals surface area contributed by atoms with Gasteiger partial charge in [-0.05, 0) is 29.7 Å². The SMILES string of the molecule is CC(C)(C)C(c1ccc2cccc(O)c2n1)c1ccc2cccc(O)c2n1. The number of aromatic hydroxyl groups is 2. The molecule has 0 atom stereocenters. The molecule has 0 unspecified atom stereocenters. The highest BCUT2D eigenvalue weighted by atomic mass is 16.3. The van der Waals surface area contributed by atoms with Crippen molar-refractivity contribution in [3.8, 4) is 11.5 Å². The van der Waals surface area contributed by atoms with E-state index in [0.717, 1.165) is 22.2 Å². The van der Waals surface area contributed by atoms with E-state index in [-0.39, 0.29) is 22.8 Å². The summed E-state index contributed by atoms with van der Waals surface area (Å²) in [6.45, 7) is 6.43. The van der Waals surface area contributed by atoms with Crippen LogP contribution in [0.5, 0.6) is 11.5 Å². The summed E-state index contributed by atoms with van der Waals surface area (Å²) < 4.78 is 0. The minimum atomic E-state index is -0.157. The number of rotatable bonds is 2. The molecule has 2 aromatic carbocycles. The van der Waals surface area contributed by atoms with Gasteiger partial charge in [-0.1, -0.05) is 57.2 Å². The quantitative estimate of drug-likeness (QED) is 0.505. The van der Waals surface area contributed by atoms with Crippen molar-refractivity contribution in [2.45, 2.75) is 26.7 Å². The molecule has 0 aliphatic carbocycles. The number of hydrogen-bond donors (Lipinski definition) is 2. The second-order valence-electron chi connectivity index (χ2n) is 7.97. The van der Waals surface area contributed by atoms with Gasteiger partial charge in [-0.15, -0.1) is 0 Å². The number of para-hydroxylation sites is 2. The smallest absolute Gasteiger partial charge is 0.141 e. The van der Waals surface area contributed by atoms with Gasteiger partial charge < -0.3 is 10.2 Å². The zero-order valence-electron chi connectivity index (χ0n) is 15.6. The van der Waals surface area contributed by atoms with Crippen molar-refractivity contribution in [2.24, 2.45) is 5.41 Å². The van der Waals surface area contributed by atoms with E-state index < -0.39 is 0 Å². The topological polar surface area (TPSA) is 66.2 Å². The van der Waals surface area contributed by atoms with Crippen molar-refractivity contribution in [1.82, 2.24) is 9.97 Å². The van der Waals surface area contributed by atoms with Crippen LogP contribution in [-0.2, 0) is 0 Å². The Labute approximate surface area is 158 Å². The Morgan fingerprint density at radius 2 is 1.11 bits per heavy atom. The highest BCUT2D eigenvalue weighted by Gasteiger charge is 2.31. The van der Waals surface area contributed by atoms with E-state index in [1.807, 2.05) is 48.5 Å². The van der Waals surface area contributed by atoms with E-state index in [0.29, 0.717) is 11.0 Å². The van der Waals surface area contributed by atoms with Crippen molar-refractivity contribution < 1.29 is 10.2 Å². The van der Waals surface area contributed by atoms with Crippen LogP contribution >= 0.6 is 0 Å². The van der Waals surface area contributed by atoms with Crippen molar-refractivity contribution in [1.29, 1.82) is 0 Å². The lowest BCUT2D eigenvalue weighted by molar-refractivity contribution is 0.348. The minimum Gasteiger partial charge on any atom is -0.506 e. The van der Waals surface area contributed by atoms with Gasteiger partial charge in [0.2, 0.25) is 0 Å². The summed E-state index contributed by atoms with van der Waals surface area (Å²) in [5.74, 6) is 0.253. The zero-order valence-corrected chi connectivity index (χ0v) is 15.6. The molecule has 0 bridgehead atoms. The third-order valence-corrected chi connectivity index (χ3v) is 4.90. The second-order valence-corrected chi connectivity index (χ2v) is 7.97. The fraction of sp³-hybridized carbons (Fsp3) is 0.217. The summed E-state index contributed by atoms with van der Waals surface area (Å²) in [6.07, 6.45) is 0. The number of nitrogens with zero attached hydrogens (tertiary/aromatic N) is 2. The van der Waals surface area contributed by atoms with Crippen LogP contribution in [0.4, 0.5) is 0 Å². The molecule has 4 rings (SSSR count). The molecular formula is C23H22N2O2. The van der Waals surface area contributed by atoms with Crippen LogP contribution in [0.1, 0.15) is 38.1 Å². The molecular weight excluding hydrogens is 336 g/mol. The maximum absolute atomic E-state index is 10.2. The molecule has 4 heteroatoms. The molecule has 2 heterocycles. The standard InChI is InChI=1S/C23H22N2O2/c1-23(2,3)20(16-12-10-14-6-4-8-18(26)21(14)24-16)17-13-11-15-7-5-9-19(27)22(15)25-17/h4-13,20,26-27H,1-3H3. The summed E-state index contributed by atoms with van der Waals surface area (Å²) >= 11 is 0. The van der Waals surface area contributed by atoms with E-state index in [9.17, 15) is 10.2 Å². The monoisotopic (exact) mass is 358 g/mol. The molecule has 0 radical (unpaired) electrons. The average Bonchev–Trinajstić information content (AvgIpc) is 2.62. The van der Waals surface area contributed by atoms with Gasteiger partial charge in [0, 0.05) is 16.7 Å². The van der Waals surface area contributed by atoms with Crippen LogP contribution in [0.2, 0.25) is 0 Å². The Hall–Kier alpha value is -3.14. The largest absolute Gasteiger partial charge is 0.506 e. The van der Waals surface area contributed by atoms with Crippen molar-refractivity contribution in [2.75, 3.05) is 0 Å². The fourth-order valence-electron chi connectivity index (χ4n) is 3.65. The van der Waals surface area contributed by atoms with Crippen LogP contribution in [-0.4, -0.2) is 20.2 Å². The van der Waals surface area contributed by atoms with E-state index in [4.69, 9.17) is 9.97 Å². The molecule has 4 aromatic rings. The van der Waals surface area contributed by atoms with Crippen molar-refractivity contribution in [3.05, 3.63) is 72.1 Å². The van der Waals surface area contributed by atoms with Crippen molar-refractivity contribution in [3.63, 3.8) is 0 Å². The number of hydrogen-bond acceptors (Lipinski definition) is 4. The maximum atomic E-state index is 10.2. The van der Waals surface area contributed by atoms with Crippen LogP contribution in [0, 0.1) is 5.41 Å². The van der Waals surface area contributed by atoms with E-state index in [2.05, 4.69) is 20.8 Å². The van der Waals surface area contributed by atoms with E-state index in [1.165, 1.54) is 0 Å². The lowest BCUT2D eigenvalue weighted by Crippen LogP contribution is -2.22. The summed E-state index contributed by atoms with van der Waals surface area (Å²) in [7, 11) is 0. The van der Waals surface area contributed by atoms with Crippen LogP contribution in [0.25, 0.3) is 21.8 Å². The third kappa shape index (κ3) is 3.08. The molecule has 0 saturated carbocycles. The number of phenols is 2. The summed E-state index contributed by atoms with van der Waals surface area (Å²) in [6, 6.07) is 18.7. The second kappa shape index (κ2) is 6.23. The van der Waals surface area contributed by atoms with Gasteiger partial charge in [0.1, 0.15) is 22.5 Å². The van der Waals surface area contributed by atoms with Gasteiger partial charge in [0.15, 0.2) is 0 Å². The van der Waals surface area contributed by atoms with Crippen LogP contribution in [0.3, 0.4) is 0 Å². The Balaban J connectivity index is 1.93. The Kier molecular flexibility index (Phi) is 3.99. The highest BCUT2D eigenvalue weighted by molar-refractivity contribution is 5.85. The van der Waals surface area contributed by atoms with Gasteiger partial charge in [0.25, 0.3) is 0 Å². The fourth-order valence-corrected chi connectivity index (χ4v) is 3.65. The Morgan fingerprint density at radius 1 is 0.667 bits per heavy atom. The summed E-state index contributed by atoms with van der Waals surface area (Å²) in [4.78, 5) is 9.54. The van der Waals surface area contributed by atoms with E-state index in [1.54, 1.807) is 12.1 Å². The zero-order chi connectivity index (χ0) is 19.2. The molecule has 27 heavy (non-hydrogen) atoms. The predicted molar refractivity (Wildman–Crippen MR) is 108 cm³/mol. The van der Waals surface area contributed by atoms with Gasteiger partial charge in [-0.3, -0.25) is 0 Å². The van der Waals surface area contributed by atoms with Gasteiger partial charge in [-0.2, -0.15) is 0 Å². The summed E-state index contributed by atoms with van der Waals surface area (Å²) in [5.41, 5.74) is 2.72. The first-order chi connectivity index (χ1) is 12.8. The van der Waals surface area contributed by atoms with Gasteiger partial charge >= 0.3 is 0 Å². The maximum Gasteiger partial charge on any atom is 0.141 e. The number of fused-ring (bicyclic) bond motifs is 2. The molecule has 2 N–H and O–H groups in total. The molecule has 0 aliphatic heterocycles.